The third-order valence-corrected chi connectivity index (χ3v) is 7.10. The van der Waals surface area contributed by atoms with Gasteiger partial charge in [-0.25, -0.2) is 9.36 Å². The summed E-state index contributed by atoms with van der Waals surface area (Å²) in [5.41, 5.74) is 5.25. The van der Waals surface area contributed by atoms with Crippen LogP contribution in [0.1, 0.15) is 110 Å². The zero-order valence-electron chi connectivity index (χ0n) is 24.6. The largest absolute Gasteiger partial charge is 0.478 e. The third kappa shape index (κ3) is 26.8. The molecule has 0 aliphatic carbocycles. The Hall–Kier alpha value is -1.82. The number of esters is 2. The highest BCUT2D eigenvalue weighted by Gasteiger charge is 2.26. The number of aliphatic hydroxyl groups excluding tert-OH is 1. The van der Waals surface area contributed by atoms with E-state index in [1.54, 1.807) is 0 Å². The molecule has 0 aromatic heterocycles. The number of aliphatic carboxylic acids is 1. The Morgan fingerprint density at radius 1 is 0.829 bits per heavy atom. The van der Waals surface area contributed by atoms with Crippen molar-refractivity contribution in [2.45, 2.75) is 122 Å². The molecular weight excluding hydrogens is 557 g/mol. The summed E-state index contributed by atoms with van der Waals surface area (Å²) < 4.78 is 31.8. The van der Waals surface area contributed by atoms with Crippen LogP contribution in [0.5, 0.6) is 0 Å². The normalized spacial score (nSPS) is 14.4. The van der Waals surface area contributed by atoms with Gasteiger partial charge in [0.1, 0.15) is 6.61 Å². The van der Waals surface area contributed by atoms with Crippen LogP contribution in [0.2, 0.25) is 0 Å². The van der Waals surface area contributed by atoms with Crippen LogP contribution in [0.3, 0.4) is 0 Å². The Labute approximate surface area is 244 Å². The number of carboxylic acid groups (broad SMARTS) is 1. The van der Waals surface area contributed by atoms with Crippen LogP contribution in [-0.4, -0.2) is 71.6 Å². The summed E-state index contributed by atoms with van der Waals surface area (Å²) in [6.07, 6.45) is 14.5. The number of phosphoric acid groups is 1. The van der Waals surface area contributed by atoms with Crippen molar-refractivity contribution in [3.8, 4) is 0 Å². The number of hydrogen-bond donors (Lipinski definition) is 4. The number of aliphatic hydroxyl groups is 1. The molecule has 41 heavy (non-hydrogen) atoms. The molecule has 0 saturated heterocycles. The van der Waals surface area contributed by atoms with Gasteiger partial charge in [-0.3, -0.25) is 18.6 Å². The predicted octanol–water partition coefficient (Wildman–Crippen LogP) is 4.80. The van der Waals surface area contributed by atoms with Crippen molar-refractivity contribution >= 4 is 25.7 Å². The number of carbonyl (C=O) groups excluding carboxylic acids is 2. The summed E-state index contributed by atoms with van der Waals surface area (Å²) in [7, 11) is -4.46. The number of hydrogen-bond acceptors (Lipinski definition) is 10. The molecule has 13 heteroatoms. The molecule has 12 nitrogen and oxygen atoms in total. The Kier molecular flexibility index (Phi) is 24.7. The standard InChI is InChI=1S/C28H52NO11P/c1-2-3-4-5-6-7-8-9-10-11-12-13-14-15-27(33)37-22-25(23-39-41(35,36)38-21-20-29)40-28(34)19-17-24(30)16-18-26(31)32/h16,18,24-25,30H,2-15,17,19-23,29H2,1H3,(H,31,32)(H,35,36)/b18-16+/t24?,25-/m1/s1. The van der Waals surface area contributed by atoms with Crippen molar-refractivity contribution in [2.75, 3.05) is 26.4 Å². The number of rotatable bonds is 28. The lowest BCUT2D eigenvalue weighted by molar-refractivity contribution is -0.161. The fourth-order valence-electron chi connectivity index (χ4n) is 3.84. The molecule has 0 amide bonds. The number of ether oxygens (including phenoxy) is 2. The molecule has 3 atom stereocenters. The lowest BCUT2D eigenvalue weighted by atomic mass is 10.0. The van der Waals surface area contributed by atoms with E-state index < -0.39 is 51.2 Å². The van der Waals surface area contributed by atoms with E-state index in [-0.39, 0.29) is 32.4 Å². The first-order valence-electron chi connectivity index (χ1n) is 14.9. The summed E-state index contributed by atoms with van der Waals surface area (Å²) >= 11 is 0. The first-order chi connectivity index (χ1) is 19.6. The van der Waals surface area contributed by atoms with E-state index in [0.717, 1.165) is 31.4 Å². The number of phosphoric ester groups is 1. The van der Waals surface area contributed by atoms with Gasteiger partial charge in [-0.2, -0.15) is 0 Å². The molecule has 0 rings (SSSR count). The van der Waals surface area contributed by atoms with Crippen LogP contribution < -0.4 is 5.73 Å². The molecule has 0 aliphatic rings. The second-order valence-corrected chi connectivity index (χ2v) is 11.4. The molecule has 2 unspecified atom stereocenters. The van der Waals surface area contributed by atoms with Crippen LogP contribution in [0.25, 0.3) is 0 Å². The van der Waals surface area contributed by atoms with Crippen molar-refractivity contribution in [1.82, 2.24) is 0 Å². The molecule has 0 fully saturated rings. The summed E-state index contributed by atoms with van der Waals surface area (Å²) in [4.78, 5) is 44.6. The maximum absolute atomic E-state index is 12.2. The fraction of sp³-hybridized carbons (Fsp3) is 0.821. The van der Waals surface area contributed by atoms with Crippen molar-refractivity contribution in [3.63, 3.8) is 0 Å². The van der Waals surface area contributed by atoms with E-state index in [2.05, 4.69) is 11.4 Å². The van der Waals surface area contributed by atoms with Crippen molar-refractivity contribution in [2.24, 2.45) is 5.73 Å². The third-order valence-electron chi connectivity index (χ3n) is 6.11. The number of carbonyl (C=O) groups is 3. The summed E-state index contributed by atoms with van der Waals surface area (Å²) in [6, 6.07) is 0. The minimum absolute atomic E-state index is 0.0121. The number of carboxylic acids is 1. The van der Waals surface area contributed by atoms with Crippen molar-refractivity contribution in [1.29, 1.82) is 0 Å². The van der Waals surface area contributed by atoms with Crippen molar-refractivity contribution in [3.05, 3.63) is 12.2 Å². The minimum atomic E-state index is -4.46. The quantitative estimate of drug-likeness (QED) is 0.0411. The van der Waals surface area contributed by atoms with Gasteiger partial charge in [-0.1, -0.05) is 84.0 Å². The Balaban J connectivity index is 4.36. The first kappa shape index (κ1) is 39.2. The number of nitrogens with two attached hydrogens (primary N) is 1. The molecular formula is C28H52NO11P. The molecule has 0 saturated carbocycles. The second kappa shape index (κ2) is 25.9. The summed E-state index contributed by atoms with van der Waals surface area (Å²) in [5, 5.41) is 18.3. The van der Waals surface area contributed by atoms with Gasteiger partial charge < -0.3 is 30.3 Å². The van der Waals surface area contributed by atoms with E-state index in [0.29, 0.717) is 6.42 Å². The maximum atomic E-state index is 12.2. The zero-order chi connectivity index (χ0) is 30.8. The molecule has 240 valence electrons. The second-order valence-electron chi connectivity index (χ2n) is 9.98. The highest BCUT2D eigenvalue weighted by atomic mass is 31.2. The molecule has 5 N–H and O–H groups in total. The summed E-state index contributed by atoms with van der Waals surface area (Å²) in [6.45, 7) is 0.997. The van der Waals surface area contributed by atoms with E-state index in [1.807, 2.05) is 0 Å². The van der Waals surface area contributed by atoms with Gasteiger partial charge in [0.15, 0.2) is 6.10 Å². The van der Waals surface area contributed by atoms with Crippen LogP contribution in [0.4, 0.5) is 0 Å². The van der Waals surface area contributed by atoms with E-state index in [4.69, 9.17) is 24.8 Å². The maximum Gasteiger partial charge on any atom is 0.472 e. The summed E-state index contributed by atoms with van der Waals surface area (Å²) in [5.74, 6) is -2.53. The van der Waals surface area contributed by atoms with Crippen LogP contribution in [-0.2, 0) is 37.5 Å². The Morgan fingerprint density at radius 2 is 1.39 bits per heavy atom. The average molecular weight is 610 g/mol. The predicted molar refractivity (Wildman–Crippen MR) is 154 cm³/mol. The lowest BCUT2D eigenvalue weighted by Crippen LogP contribution is -2.30. The highest BCUT2D eigenvalue weighted by Crippen LogP contribution is 2.43. The fourth-order valence-corrected chi connectivity index (χ4v) is 4.61. The van der Waals surface area contributed by atoms with Crippen LogP contribution >= 0.6 is 7.82 Å². The van der Waals surface area contributed by atoms with Gasteiger partial charge in [-0.15, -0.1) is 0 Å². The molecule has 0 spiro atoms. The SMILES string of the molecule is CCCCCCCCCCCCCCCC(=O)OC[C@H](COP(=O)(O)OCCN)OC(=O)CCC(O)/C=C/C(=O)O. The zero-order valence-corrected chi connectivity index (χ0v) is 25.5. The van der Waals surface area contributed by atoms with Gasteiger partial charge in [0.2, 0.25) is 0 Å². The number of unbranched alkanes of at least 4 members (excludes halogenated alkanes) is 12. The van der Waals surface area contributed by atoms with Crippen LogP contribution in [0, 0.1) is 0 Å². The molecule has 0 radical (unpaired) electrons. The lowest BCUT2D eigenvalue weighted by Gasteiger charge is -2.20. The molecule has 0 aromatic carbocycles. The van der Waals surface area contributed by atoms with E-state index >= 15 is 0 Å². The topological polar surface area (TPSA) is 192 Å². The average Bonchev–Trinajstić information content (AvgIpc) is 2.93. The van der Waals surface area contributed by atoms with Gasteiger partial charge in [0.05, 0.1) is 19.3 Å². The molecule has 0 heterocycles. The monoisotopic (exact) mass is 609 g/mol. The first-order valence-corrected chi connectivity index (χ1v) is 16.3. The highest BCUT2D eigenvalue weighted by molar-refractivity contribution is 7.47. The van der Waals surface area contributed by atoms with Gasteiger partial charge in [0, 0.05) is 25.5 Å². The molecule has 0 bridgehead atoms. The minimum Gasteiger partial charge on any atom is -0.478 e. The van der Waals surface area contributed by atoms with Gasteiger partial charge in [0.25, 0.3) is 0 Å². The van der Waals surface area contributed by atoms with Gasteiger partial charge in [-0.05, 0) is 18.9 Å². The van der Waals surface area contributed by atoms with Crippen molar-refractivity contribution < 1.29 is 52.6 Å². The Morgan fingerprint density at radius 3 is 1.93 bits per heavy atom. The van der Waals surface area contributed by atoms with Crippen LogP contribution in [0.15, 0.2) is 12.2 Å². The van der Waals surface area contributed by atoms with E-state index in [1.165, 1.54) is 57.8 Å². The van der Waals surface area contributed by atoms with Gasteiger partial charge >= 0.3 is 25.7 Å². The van der Waals surface area contributed by atoms with E-state index in [9.17, 15) is 28.9 Å². The smallest absolute Gasteiger partial charge is 0.472 e. The molecule has 0 aromatic rings. The molecule has 0 aliphatic heterocycles. The Bertz CT molecular complexity index is 778.